The third-order valence-electron chi connectivity index (χ3n) is 12.0. The summed E-state index contributed by atoms with van der Waals surface area (Å²) in [5.41, 5.74) is 8.80. The number of para-hydroxylation sites is 2. The summed E-state index contributed by atoms with van der Waals surface area (Å²) in [5, 5.41) is 44.2. The number of amides is 2. The molecule has 5 aromatic carbocycles. The second-order valence-corrected chi connectivity index (χ2v) is 22.3. The van der Waals surface area contributed by atoms with E-state index in [0.29, 0.717) is 112 Å². The van der Waals surface area contributed by atoms with E-state index in [1.807, 2.05) is 48.5 Å². The minimum Gasteiger partial charge on any atom is -0.870 e. The molecule has 3 heterocycles. The first-order valence-electron chi connectivity index (χ1n) is 31.1. The molecule has 0 radical (unpaired) electrons. The number of unbranched alkanes of at least 4 members (excludes halogenated alkanes) is 3. The van der Waals surface area contributed by atoms with Crippen molar-refractivity contribution in [3.8, 4) is 28.7 Å². The van der Waals surface area contributed by atoms with Gasteiger partial charge in [-0.05, 0) is 123 Å². The molecule has 24 nitrogen and oxygen atoms in total. The molecule has 0 saturated carbocycles. The maximum Gasteiger partial charge on any atom is 1.00 e. The van der Waals surface area contributed by atoms with Crippen molar-refractivity contribution in [3.05, 3.63) is 145 Å². The summed E-state index contributed by atoms with van der Waals surface area (Å²) in [6.45, 7) is 12.6. The monoisotopic (exact) mass is 1500 g/mol. The number of aromatic hydroxyl groups is 1. The molecule has 1 saturated heterocycles. The van der Waals surface area contributed by atoms with Gasteiger partial charge in [0, 0.05) is 70.1 Å². The first-order chi connectivity index (χ1) is 46.6. The number of nitrogens with two attached hydrogens (primary N) is 2. The molecule has 0 aromatic heterocycles. The summed E-state index contributed by atoms with van der Waals surface area (Å²) in [6, 6.07) is 30.0. The van der Waals surface area contributed by atoms with E-state index in [1.165, 1.54) is 13.0 Å². The number of esters is 3. The molecule has 0 unspecified atom stereocenters. The number of carbonyl (C=O) groups is 7. The maximum atomic E-state index is 11.7. The van der Waals surface area contributed by atoms with E-state index in [-0.39, 0.29) is 92.6 Å². The zero-order chi connectivity index (χ0) is 72.8. The van der Waals surface area contributed by atoms with Crippen LogP contribution >= 0.6 is 69.6 Å². The molecule has 8 rings (SSSR count). The molecule has 2 amide bonds. The summed E-state index contributed by atoms with van der Waals surface area (Å²) in [5.74, 6) is 8.92. The number of hydrogen-bond donors (Lipinski definition) is 8. The van der Waals surface area contributed by atoms with Gasteiger partial charge < -0.3 is 54.3 Å². The van der Waals surface area contributed by atoms with Gasteiger partial charge in [0.15, 0.2) is 5.78 Å². The average Bonchev–Trinajstić information content (AvgIpc) is 1.04. The Balaban J connectivity index is -0.00000110. The number of aliphatic carboxylic acids is 1. The topological polar surface area (TPSA) is 387 Å². The van der Waals surface area contributed by atoms with E-state index in [9.17, 15) is 33.6 Å². The van der Waals surface area contributed by atoms with Crippen molar-refractivity contribution >= 4 is 123 Å². The summed E-state index contributed by atoms with van der Waals surface area (Å²) in [7, 11) is 0. The van der Waals surface area contributed by atoms with Crippen LogP contribution in [0.4, 0.5) is 0 Å². The number of hydrogen-bond acceptors (Lipinski definition) is 21. The first-order valence-corrected chi connectivity index (χ1v) is 33.5. The molecule has 99 heavy (non-hydrogen) atoms. The fourth-order valence-corrected chi connectivity index (χ4v) is 8.20. The number of phenolic OH excluding ortho intramolecular Hbond substituents is 1. The van der Waals surface area contributed by atoms with Gasteiger partial charge in [-0.2, -0.15) is 10.2 Å². The number of cyclic esters (lactones) is 2. The third kappa shape index (κ3) is 46.3. The predicted octanol–water partition coefficient (Wildman–Crippen LogP) is 10.7. The molecule has 11 N–H and O–H groups in total. The number of rotatable bonds is 25. The van der Waals surface area contributed by atoms with Crippen molar-refractivity contribution in [2.75, 3.05) is 52.1 Å². The van der Waals surface area contributed by atoms with Gasteiger partial charge in [-0.3, -0.25) is 45.2 Å². The van der Waals surface area contributed by atoms with Gasteiger partial charge in [-0.25, -0.2) is 10.9 Å². The van der Waals surface area contributed by atoms with Crippen molar-refractivity contribution in [2.24, 2.45) is 21.9 Å². The summed E-state index contributed by atoms with van der Waals surface area (Å²) in [6.07, 6.45) is 10.1. The van der Waals surface area contributed by atoms with Crippen LogP contribution in [0, 0.1) is 0 Å². The number of alkyl halides is 1. The Morgan fingerprint density at radius 3 is 1.26 bits per heavy atom. The second kappa shape index (κ2) is 61.2. The van der Waals surface area contributed by atoms with Crippen LogP contribution in [0.1, 0.15) is 159 Å². The summed E-state index contributed by atoms with van der Waals surface area (Å²) >= 11 is 35.0. The number of hydrazone groups is 2. The van der Waals surface area contributed by atoms with E-state index in [0.717, 1.165) is 79.9 Å². The quantitative estimate of drug-likeness (QED) is 0.00393. The van der Waals surface area contributed by atoms with Crippen molar-refractivity contribution < 1.29 is 107 Å². The zero-order valence-corrected chi connectivity index (χ0v) is 61.2. The van der Waals surface area contributed by atoms with Gasteiger partial charge in [0.25, 0.3) is 0 Å². The van der Waals surface area contributed by atoms with E-state index >= 15 is 0 Å². The minimum absolute atomic E-state index is 0. The number of carbonyl (C=O) groups excluding carboxylic acids is 6. The molecule has 3 aliphatic heterocycles. The smallest absolute Gasteiger partial charge is 0.870 e. The van der Waals surface area contributed by atoms with Gasteiger partial charge in [0.05, 0.1) is 88.8 Å². The van der Waals surface area contributed by atoms with Crippen molar-refractivity contribution in [2.45, 2.75) is 137 Å². The Morgan fingerprint density at radius 2 is 0.939 bits per heavy atom. The van der Waals surface area contributed by atoms with Crippen molar-refractivity contribution in [1.82, 2.24) is 10.9 Å². The second-order valence-electron chi connectivity index (χ2n) is 19.9. The van der Waals surface area contributed by atoms with E-state index in [2.05, 4.69) is 63.0 Å². The number of Topliss-reactive ketones (excluding diaryl/α,β-unsaturated/α-hetero) is 1. The first kappa shape index (κ1) is 96.4. The molecule has 0 atom stereocenters. The minimum atomic E-state index is -0.987. The zero-order valence-electron chi connectivity index (χ0n) is 56.6. The summed E-state index contributed by atoms with van der Waals surface area (Å²) < 4.78 is 30.6. The number of benzene rings is 5. The van der Waals surface area contributed by atoms with Crippen LogP contribution in [0.25, 0.3) is 0 Å². The number of aliphatic hydroxyl groups is 2. The molecule has 5 aromatic rings. The number of ether oxygens (including phenoxy) is 6. The summed E-state index contributed by atoms with van der Waals surface area (Å²) in [4.78, 5) is 74.3. The molecule has 0 bridgehead atoms. The van der Waals surface area contributed by atoms with E-state index in [4.69, 9.17) is 109 Å². The standard InChI is InChI=1S/C14H17ClN2O2.C14H17ClO4.C13H15ClN2O3.C10H13ClO.C6H5ClO.C5H9ClO2.C4H4O3.C2H6O.Li.H4N2.H2O/c1-2-3-8-19-13-6-4-10(9-11(13)15)12-5-7-14(18)17-16-12;1-2-3-8-19-13-6-4-10(9-11(13)15)12(16)5-7-14(17)18;14-10-8-9(11-3-5-13(18)16-15-11)2-4-12(10)19-7-1-6-17;1-2-3-8-12-10-7-5-4-6-9(10)11;7-5-3-1-2-4-6(5)8;1-5(7)8-4-2-3-6;5-3-1-2-4(6)7-3;1-2-3;;1-2;/h2*4,6,9H,2-3,5,7-8H2,1H3,(H,17,18);2,4,8,17H,1,3,5-7H2,(H,16,18);4-7H,2-3,8H2,1H3;1-4,8H;2-4H2,1H3;1-2H2;3H,2H2,1H3;;1-2H2;1H2/q;;;;;;;;+1;;/p-1. The SMILES string of the molecule is CC(=O)OCCCCl.CCCCOc1ccc(C(=O)CCC(=O)O)cc1Cl.CCCCOc1ccc(C2=NNC(=O)CC2)cc1Cl.CCCCOc1ccccc1Cl.CCO.NN.O=C1CCC(=O)O1.O=C1CCC(c2ccc(OCCCO)c(Cl)c2)=NN1.Oc1ccccc1Cl.[Li+].[OH-]. The van der Waals surface area contributed by atoms with Gasteiger partial charge in [-0.1, -0.05) is 122 Å². The van der Waals surface area contributed by atoms with E-state index < -0.39 is 17.9 Å². The number of carboxylic acids is 1. The Bertz CT molecular complexity index is 3080. The van der Waals surface area contributed by atoms with Crippen LogP contribution in [0.3, 0.4) is 0 Å². The number of aliphatic hydroxyl groups excluding tert-OH is 2. The number of ketones is 1. The fraction of sp³-hybridized carbons (Fsp3) is 0.426. The number of nitrogens with zero attached hydrogens (tertiary/aromatic N) is 2. The number of phenols is 1. The van der Waals surface area contributed by atoms with Gasteiger partial charge in [-0.15, -0.1) is 11.6 Å². The molecule has 0 spiro atoms. The van der Waals surface area contributed by atoms with Gasteiger partial charge in [0.1, 0.15) is 28.7 Å². The van der Waals surface area contributed by atoms with Crippen molar-refractivity contribution in [3.63, 3.8) is 0 Å². The largest absolute Gasteiger partial charge is 1.00 e. The molecule has 31 heteroatoms. The van der Waals surface area contributed by atoms with Crippen LogP contribution < -0.4 is 60.3 Å². The van der Waals surface area contributed by atoms with Crippen LogP contribution in [-0.2, 0) is 38.2 Å². The molecular weight excluding hydrogens is 1410 g/mol. The number of halogens is 6. The molecule has 544 valence electrons. The predicted molar refractivity (Wildman–Crippen MR) is 382 cm³/mol. The Labute approximate surface area is 621 Å². The molecular formula is C68H91Cl6LiN6O18. The molecule has 3 aliphatic rings. The van der Waals surface area contributed by atoms with Crippen LogP contribution in [0.2, 0.25) is 25.1 Å². The van der Waals surface area contributed by atoms with Gasteiger partial charge in [0.2, 0.25) is 11.8 Å². The van der Waals surface area contributed by atoms with Gasteiger partial charge >= 0.3 is 42.7 Å². The number of nitrogens with one attached hydrogen (secondary N) is 2. The fourth-order valence-electron chi connectivity index (χ4n) is 7.06. The number of hydrazine groups is 1. The molecule has 1 fully saturated rings. The van der Waals surface area contributed by atoms with Crippen LogP contribution in [0.15, 0.2) is 113 Å². The normalized spacial score (nSPS) is 11.9. The maximum absolute atomic E-state index is 11.7. The third-order valence-corrected chi connectivity index (χ3v) is 13.8. The average molecular weight is 1500 g/mol. The van der Waals surface area contributed by atoms with E-state index in [1.54, 1.807) is 55.5 Å². The Morgan fingerprint density at radius 1 is 0.535 bits per heavy atom. The number of carboxylic acid groups (broad SMARTS) is 1. The Kier molecular flexibility index (Phi) is 59.6. The molecule has 0 aliphatic carbocycles. The van der Waals surface area contributed by atoms with Crippen LogP contribution in [-0.4, -0.2) is 131 Å². The Hall–Kier alpha value is -6.73. The van der Waals surface area contributed by atoms with Crippen LogP contribution in [0.5, 0.6) is 28.7 Å². The van der Waals surface area contributed by atoms with Crippen molar-refractivity contribution in [1.29, 1.82) is 0 Å².